The van der Waals surface area contributed by atoms with E-state index in [0.29, 0.717) is 11.3 Å². The van der Waals surface area contributed by atoms with E-state index in [2.05, 4.69) is 44.0 Å². The van der Waals surface area contributed by atoms with Crippen LogP contribution in [0, 0.1) is 19.7 Å². The van der Waals surface area contributed by atoms with Gasteiger partial charge in [-0.2, -0.15) is 0 Å². The van der Waals surface area contributed by atoms with Crippen molar-refractivity contribution in [3.63, 3.8) is 0 Å². The van der Waals surface area contributed by atoms with Gasteiger partial charge in [0.05, 0.1) is 11.9 Å². The Hall–Kier alpha value is -0.870. The van der Waals surface area contributed by atoms with Crippen molar-refractivity contribution in [1.29, 1.82) is 0 Å². The Labute approximate surface area is 135 Å². The van der Waals surface area contributed by atoms with Crippen LogP contribution in [0.2, 0.25) is 0 Å². The van der Waals surface area contributed by atoms with E-state index in [-0.39, 0.29) is 10.6 Å². The van der Waals surface area contributed by atoms with Gasteiger partial charge >= 0.3 is 0 Å². The van der Waals surface area contributed by atoms with E-state index in [9.17, 15) is 4.39 Å². The first kappa shape index (κ1) is 15.5. The van der Waals surface area contributed by atoms with Crippen molar-refractivity contribution in [1.82, 2.24) is 0 Å². The van der Waals surface area contributed by atoms with Gasteiger partial charge in [-0.3, -0.25) is 0 Å². The average molecular weight is 402 g/mol. The summed E-state index contributed by atoms with van der Waals surface area (Å²) in [7, 11) is 1.53. The second-order valence-corrected chi connectivity index (χ2v) is 6.48. The summed E-state index contributed by atoms with van der Waals surface area (Å²) < 4.78 is 20.3. The molecule has 2 aromatic rings. The lowest BCUT2D eigenvalue weighted by Crippen LogP contribution is -2.00. The zero-order chi connectivity index (χ0) is 14.9. The van der Waals surface area contributed by atoms with Crippen LogP contribution in [-0.4, -0.2) is 7.11 Å². The number of methoxy groups -OCH3 is 1. The molecule has 20 heavy (non-hydrogen) atoms. The normalized spacial score (nSPS) is 12.3. The molecule has 0 aliphatic rings. The lowest BCUT2D eigenvalue weighted by molar-refractivity contribution is 0.411. The Balaban J connectivity index is 2.46. The second kappa shape index (κ2) is 6.27. The summed E-state index contributed by atoms with van der Waals surface area (Å²) in [5.74, 6) is 0.251. The molecule has 1 atom stereocenters. The van der Waals surface area contributed by atoms with Crippen LogP contribution in [0.4, 0.5) is 4.39 Å². The molecule has 106 valence electrons. The number of ether oxygens (including phenoxy) is 1. The molecule has 0 saturated heterocycles. The summed E-state index contributed by atoms with van der Waals surface area (Å²) >= 11 is 7.12. The molecule has 0 fully saturated rings. The third-order valence-electron chi connectivity index (χ3n) is 3.30. The molecule has 0 bridgehead atoms. The molecule has 2 aromatic carbocycles. The van der Waals surface area contributed by atoms with Crippen LogP contribution in [0.1, 0.15) is 27.1 Å². The first-order valence-electron chi connectivity index (χ1n) is 6.18. The molecule has 2 rings (SSSR count). The van der Waals surface area contributed by atoms with Gasteiger partial charge < -0.3 is 4.74 Å². The summed E-state index contributed by atoms with van der Waals surface area (Å²) in [4.78, 5) is -0.180. The zero-order valence-corrected chi connectivity index (χ0v) is 14.7. The lowest BCUT2D eigenvalue weighted by Gasteiger charge is -2.16. The quantitative estimate of drug-likeness (QED) is 0.599. The zero-order valence-electron chi connectivity index (χ0n) is 11.5. The summed E-state index contributed by atoms with van der Waals surface area (Å²) in [6, 6.07) is 9.06. The summed E-state index contributed by atoms with van der Waals surface area (Å²) in [5, 5.41) is 0. The molecule has 1 nitrogen and oxygen atoms in total. The Kier molecular flexibility index (Phi) is 4.86. The van der Waals surface area contributed by atoms with Crippen LogP contribution in [0.25, 0.3) is 0 Å². The van der Waals surface area contributed by atoms with Gasteiger partial charge in [-0.25, -0.2) is 4.39 Å². The van der Waals surface area contributed by atoms with Gasteiger partial charge in [0.2, 0.25) is 0 Å². The van der Waals surface area contributed by atoms with E-state index in [1.165, 1.54) is 13.2 Å². The van der Waals surface area contributed by atoms with E-state index in [1.807, 2.05) is 13.8 Å². The molecule has 0 aliphatic carbocycles. The number of halogens is 3. The van der Waals surface area contributed by atoms with E-state index in [4.69, 9.17) is 4.74 Å². The molecular weight excluding hydrogens is 387 g/mol. The van der Waals surface area contributed by atoms with Gasteiger partial charge in [0.15, 0.2) is 0 Å². The van der Waals surface area contributed by atoms with Crippen LogP contribution in [0.3, 0.4) is 0 Å². The molecule has 4 heteroatoms. The van der Waals surface area contributed by atoms with Crippen molar-refractivity contribution in [2.75, 3.05) is 7.11 Å². The molecule has 0 amide bonds. The van der Waals surface area contributed by atoms with Crippen molar-refractivity contribution in [3.8, 4) is 5.75 Å². The van der Waals surface area contributed by atoms with Crippen molar-refractivity contribution in [3.05, 3.63) is 62.9 Å². The first-order valence-corrected chi connectivity index (χ1v) is 7.89. The van der Waals surface area contributed by atoms with Crippen LogP contribution in [0.5, 0.6) is 5.75 Å². The van der Waals surface area contributed by atoms with Crippen molar-refractivity contribution < 1.29 is 9.13 Å². The minimum Gasteiger partial charge on any atom is -0.497 e. The molecule has 0 heterocycles. The van der Waals surface area contributed by atoms with E-state index in [0.717, 1.165) is 21.2 Å². The topological polar surface area (TPSA) is 9.23 Å². The number of alkyl halides is 1. The van der Waals surface area contributed by atoms with Gasteiger partial charge in [0.1, 0.15) is 11.6 Å². The largest absolute Gasteiger partial charge is 0.497 e. The molecule has 0 aliphatic heterocycles. The fourth-order valence-electron chi connectivity index (χ4n) is 2.08. The number of hydrogen-bond acceptors (Lipinski definition) is 1. The third-order valence-corrected chi connectivity index (χ3v) is 5.14. The SMILES string of the molecule is COc1ccc(C(Br)c2cc(C)c(Br)cc2C)c(F)c1. The van der Waals surface area contributed by atoms with Gasteiger partial charge in [-0.15, -0.1) is 0 Å². The van der Waals surface area contributed by atoms with Crippen LogP contribution in [0.15, 0.2) is 34.8 Å². The van der Waals surface area contributed by atoms with Gasteiger partial charge in [0, 0.05) is 16.1 Å². The van der Waals surface area contributed by atoms with Crippen LogP contribution >= 0.6 is 31.9 Å². The number of hydrogen-bond donors (Lipinski definition) is 0. The Bertz CT molecular complexity index is 641. The van der Waals surface area contributed by atoms with Crippen LogP contribution < -0.4 is 4.74 Å². The average Bonchev–Trinajstić information content (AvgIpc) is 2.42. The maximum Gasteiger partial charge on any atom is 0.131 e. The van der Waals surface area contributed by atoms with Crippen LogP contribution in [-0.2, 0) is 0 Å². The minimum atomic E-state index is -0.272. The molecule has 0 aromatic heterocycles. The predicted molar refractivity (Wildman–Crippen MR) is 87.3 cm³/mol. The highest BCUT2D eigenvalue weighted by molar-refractivity contribution is 9.10. The Morgan fingerprint density at radius 2 is 1.75 bits per heavy atom. The molecular formula is C16H15Br2FO. The minimum absolute atomic E-state index is 0.180. The highest BCUT2D eigenvalue weighted by Gasteiger charge is 2.18. The fourth-order valence-corrected chi connectivity index (χ4v) is 3.41. The second-order valence-electron chi connectivity index (χ2n) is 4.71. The number of aryl methyl sites for hydroxylation is 2. The van der Waals surface area contributed by atoms with Gasteiger partial charge in [-0.05, 0) is 42.7 Å². The molecule has 0 saturated carbocycles. The van der Waals surface area contributed by atoms with Crippen molar-refractivity contribution in [2.45, 2.75) is 18.7 Å². The highest BCUT2D eigenvalue weighted by atomic mass is 79.9. The predicted octanol–water partition coefficient (Wildman–Crippen LogP) is 5.70. The van der Waals surface area contributed by atoms with E-state index >= 15 is 0 Å². The standard InChI is InChI=1S/C16H15Br2FO/c1-9-7-14(17)10(2)6-13(9)16(18)12-5-4-11(20-3)8-15(12)19/h4-8,16H,1-3H3. The molecule has 0 N–H and O–H groups in total. The van der Waals surface area contributed by atoms with Crippen molar-refractivity contribution in [2.24, 2.45) is 0 Å². The molecule has 1 unspecified atom stereocenters. The van der Waals surface area contributed by atoms with E-state index in [1.54, 1.807) is 12.1 Å². The number of rotatable bonds is 3. The summed E-state index contributed by atoms with van der Waals surface area (Å²) in [6.45, 7) is 4.05. The van der Waals surface area contributed by atoms with Crippen molar-refractivity contribution >= 4 is 31.9 Å². The van der Waals surface area contributed by atoms with Gasteiger partial charge in [-0.1, -0.05) is 44.0 Å². The summed E-state index contributed by atoms with van der Waals surface area (Å²) in [6.07, 6.45) is 0. The summed E-state index contributed by atoms with van der Waals surface area (Å²) in [5.41, 5.74) is 3.91. The molecule has 0 radical (unpaired) electrons. The van der Waals surface area contributed by atoms with E-state index < -0.39 is 0 Å². The Morgan fingerprint density at radius 1 is 1.05 bits per heavy atom. The molecule has 0 spiro atoms. The first-order chi connectivity index (χ1) is 9.43. The number of benzene rings is 2. The maximum atomic E-state index is 14.2. The highest BCUT2D eigenvalue weighted by Crippen LogP contribution is 2.37. The fraction of sp³-hybridized carbons (Fsp3) is 0.250. The monoisotopic (exact) mass is 400 g/mol. The smallest absolute Gasteiger partial charge is 0.131 e. The van der Waals surface area contributed by atoms with Gasteiger partial charge in [0.25, 0.3) is 0 Å². The third kappa shape index (κ3) is 3.07. The lowest BCUT2D eigenvalue weighted by atomic mass is 9.98. The maximum absolute atomic E-state index is 14.2. The Morgan fingerprint density at radius 3 is 2.35 bits per heavy atom.